The number of benzene rings is 2. The Kier molecular flexibility index (Phi) is 8.91. The molecule has 1 amide bonds. The zero-order valence-corrected chi connectivity index (χ0v) is 21.9. The predicted octanol–water partition coefficient (Wildman–Crippen LogP) is 3.37. The highest BCUT2D eigenvalue weighted by Crippen LogP contribution is 2.39. The largest absolute Gasteiger partial charge is 0.481 e. The molecule has 0 aliphatic carbocycles. The first kappa shape index (κ1) is 27.7. The first-order valence-corrected chi connectivity index (χ1v) is 13.5. The van der Waals surface area contributed by atoms with E-state index in [0.717, 1.165) is 49.2 Å². The minimum Gasteiger partial charge on any atom is -0.481 e. The number of rotatable bonds is 9. The molecule has 3 heterocycles. The molecule has 0 saturated carbocycles. The number of nitrogens with zero attached hydrogens (tertiary/aromatic N) is 1. The van der Waals surface area contributed by atoms with Gasteiger partial charge in [0, 0.05) is 56.6 Å². The van der Waals surface area contributed by atoms with Gasteiger partial charge in [0.1, 0.15) is 0 Å². The third kappa shape index (κ3) is 7.21. The van der Waals surface area contributed by atoms with Gasteiger partial charge in [0.15, 0.2) is 12.1 Å². The van der Waals surface area contributed by atoms with E-state index in [4.69, 9.17) is 24.1 Å². The Bertz CT molecular complexity index is 1120. The van der Waals surface area contributed by atoms with Gasteiger partial charge in [-0.25, -0.2) is 0 Å². The van der Waals surface area contributed by atoms with E-state index in [1.54, 1.807) is 12.1 Å². The minimum absolute atomic E-state index is 0.0188. The number of ether oxygens (including phenoxy) is 4. The molecule has 10 nitrogen and oxygen atoms in total. The topological polar surface area (TPSA) is 127 Å². The van der Waals surface area contributed by atoms with Crippen molar-refractivity contribution < 1.29 is 38.7 Å². The maximum absolute atomic E-state index is 12.2. The van der Waals surface area contributed by atoms with Crippen LogP contribution in [0.4, 0.5) is 5.69 Å². The van der Waals surface area contributed by atoms with Crippen LogP contribution in [-0.4, -0.2) is 71.7 Å². The number of aliphatic hydroxyl groups excluding tert-OH is 1. The molecule has 3 fully saturated rings. The van der Waals surface area contributed by atoms with Crippen LogP contribution in [0.25, 0.3) is 0 Å². The second-order valence-electron chi connectivity index (χ2n) is 10.3. The zero-order valence-electron chi connectivity index (χ0n) is 21.9. The van der Waals surface area contributed by atoms with Crippen molar-refractivity contribution >= 4 is 17.6 Å². The lowest BCUT2D eigenvalue weighted by Crippen LogP contribution is -2.48. The normalized spacial score (nSPS) is 25.0. The van der Waals surface area contributed by atoms with Crippen LogP contribution in [0.1, 0.15) is 61.2 Å². The van der Waals surface area contributed by atoms with Crippen LogP contribution in [0.2, 0.25) is 0 Å². The van der Waals surface area contributed by atoms with Crippen LogP contribution >= 0.6 is 0 Å². The second kappa shape index (κ2) is 12.5. The fourth-order valence-corrected chi connectivity index (χ4v) is 5.39. The van der Waals surface area contributed by atoms with E-state index < -0.39 is 18.0 Å². The standard InChI is InChI=1S/C29H36N2O8/c32-19-20-4-6-21(7-5-20)25-17-24(18-31-12-10-29(11-13-31)36-14-15-37-29)38-28(39-25)22-2-1-3-23(16-22)30-26(33)8-9-27(34)35/h1-7,16,24-25,28,32H,8-15,17-19H2,(H,30,33)(H,34,35). The van der Waals surface area contributed by atoms with Gasteiger partial charge in [0.2, 0.25) is 5.91 Å². The molecule has 0 bridgehead atoms. The van der Waals surface area contributed by atoms with Gasteiger partial charge in [-0.2, -0.15) is 0 Å². The number of anilines is 1. The Morgan fingerprint density at radius 1 is 0.974 bits per heavy atom. The van der Waals surface area contributed by atoms with E-state index in [-0.39, 0.29) is 37.6 Å². The molecule has 3 aliphatic rings. The summed E-state index contributed by atoms with van der Waals surface area (Å²) in [5, 5.41) is 21.1. The molecule has 0 aromatic heterocycles. The monoisotopic (exact) mass is 540 g/mol. The first-order valence-electron chi connectivity index (χ1n) is 13.5. The molecular weight excluding hydrogens is 504 g/mol. The van der Waals surface area contributed by atoms with Gasteiger partial charge in [-0.15, -0.1) is 0 Å². The highest BCUT2D eigenvalue weighted by atomic mass is 16.7. The van der Waals surface area contributed by atoms with E-state index in [1.807, 2.05) is 36.4 Å². The predicted molar refractivity (Wildman–Crippen MR) is 141 cm³/mol. The maximum Gasteiger partial charge on any atom is 0.303 e. The average Bonchev–Trinajstić information content (AvgIpc) is 3.41. The first-order chi connectivity index (χ1) is 18.9. The molecule has 3 aliphatic heterocycles. The molecule has 3 atom stereocenters. The van der Waals surface area contributed by atoms with Crippen molar-refractivity contribution in [3.05, 3.63) is 65.2 Å². The lowest BCUT2D eigenvalue weighted by Gasteiger charge is -2.41. The molecule has 5 rings (SSSR count). The van der Waals surface area contributed by atoms with Crippen LogP contribution < -0.4 is 5.32 Å². The number of nitrogens with one attached hydrogen (secondary N) is 1. The number of carboxylic acid groups (broad SMARTS) is 1. The van der Waals surface area contributed by atoms with Crippen LogP contribution in [0.5, 0.6) is 0 Å². The van der Waals surface area contributed by atoms with Gasteiger partial charge in [-0.1, -0.05) is 36.4 Å². The Morgan fingerprint density at radius 3 is 2.41 bits per heavy atom. The zero-order chi connectivity index (χ0) is 27.2. The number of amides is 1. The summed E-state index contributed by atoms with van der Waals surface area (Å²) in [6.45, 7) is 3.75. The number of hydrogen-bond donors (Lipinski definition) is 3. The Morgan fingerprint density at radius 2 is 1.72 bits per heavy atom. The highest BCUT2D eigenvalue weighted by molar-refractivity contribution is 5.92. The smallest absolute Gasteiger partial charge is 0.303 e. The number of carboxylic acids is 1. The van der Waals surface area contributed by atoms with Gasteiger partial charge < -0.3 is 39.4 Å². The van der Waals surface area contributed by atoms with Crippen molar-refractivity contribution in [2.45, 2.75) is 63.0 Å². The summed E-state index contributed by atoms with van der Waals surface area (Å²) in [5.74, 6) is -1.81. The second-order valence-corrected chi connectivity index (χ2v) is 10.3. The van der Waals surface area contributed by atoms with E-state index in [2.05, 4.69) is 10.2 Å². The Balaban J connectivity index is 1.29. The Labute approximate surface area is 227 Å². The summed E-state index contributed by atoms with van der Waals surface area (Å²) in [6, 6.07) is 15.0. The van der Waals surface area contributed by atoms with Crippen molar-refractivity contribution in [2.24, 2.45) is 0 Å². The van der Waals surface area contributed by atoms with E-state index in [0.29, 0.717) is 25.3 Å². The van der Waals surface area contributed by atoms with E-state index in [1.165, 1.54) is 0 Å². The summed E-state index contributed by atoms with van der Waals surface area (Å²) in [7, 11) is 0. The molecule has 39 heavy (non-hydrogen) atoms. The number of carbonyl (C=O) groups excluding carboxylic acids is 1. The number of aliphatic carboxylic acids is 1. The molecule has 3 saturated heterocycles. The molecule has 2 aromatic carbocycles. The van der Waals surface area contributed by atoms with Crippen molar-refractivity contribution in [2.75, 3.05) is 38.2 Å². The summed E-state index contributed by atoms with van der Waals surface area (Å²) < 4.78 is 24.7. The summed E-state index contributed by atoms with van der Waals surface area (Å²) in [5.41, 5.74) is 3.16. The quantitative estimate of drug-likeness (QED) is 0.439. The van der Waals surface area contributed by atoms with Crippen molar-refractivity contribution in [3.63, 3.8) is 0 Å². The van der Waals surface area contributed by atoms with Crippen LogP contribution in [0.15, 0.2) is 48.5 Å². The minimum atomic E-state index is -1.01. The fourth-order valence-electron chi connectivity index (χ4n) is 5.39. The van der Waals surface area contributed by atoms with Crippen molar-refractivity contribution in [3.8, 4) is 0 Å². The maximum atomic E-state index is 12.2. The molecule has 3 unspecified atom stereocenters. The van der Waals surface area contributed by atoms with Crippen LogP contribution in [-0.2, 0) is 35.1 Å². The van der Waals surface area contributed by atoms with Crippen LogP contribution in [0, 0.1) is 0 Å². The lowest BCUT2D eigenvalue weighted by molar-refractivity contribution is -0.255. The fraction of sp³-hybridized carbons (Fsp3) is 0.517. The number of likely N-dealkylation sites (tertiary alicyclic amines) is 1. The highest BCUT2D eigenvalue weighted by Gasteiger charge is 2.41. The van der Waals surface area contributed by atoms with Gasteiger partial charge in [-0.05, 0) is 23.3 Å². The molecule has 0 radical (unpaired) electrons. The van der Waals surface area contributed by atoms with Gasteiger partial charge in [0.25, 0.3) is 0 Å². The third-order valence-electron chi connectivity index (χ3n) is 7.52. The Hall–Kier alpha value is -2.86. The molecule has 210 valence electrons. The SMILES string of the molecule is O=C(O)CCC(=O)Nc1cccc(C2OC(CN3CCC4(CC3)OCCO4)CC(c3ccc(CO)cc3)O2)c1. The molecule has 2 aromatic rings. The lowest BCUT2D eigenvalue weighted by atomic mass is 9.98. The number of hydrogen-bond acceptors (Lipinski definition) is 8. The molecule has 1 spiro atoms. The number of aliphatic hydroxyl groups is 1. The van der Waals surface area contributed by atoms with Gasteiger partial charge in [0.05, 0.1) is 38.4 Å². The molecule has 10 heteroatoms. The molecule has 3 N–H and O–H groups in total. The van der Waals surface area contributed by atoms with Gasteiger partial charge in [-0.3, -0.25) is 9.59 Å². The molecular formula is C29H36N2O8. The summed E-state index contributed by atoms with van der Waals surface area (Å²) in [6.07, 6.45) is 1.04. The average molecular weight is 541 g/mol. The van der Waals surface area contributed by atoms with Crippen LogP contribution in [0.3, 0.4) is 0 Å². The summed E-state index contributed by atoms with van der Waals surface area (Å²) >= 11 is 0. The summed E-state index contributed by atoms with van der Waals surface area (Å²) in [4.78, 5) is 25.4. The van der Waals surface area contributed by atoms with Gasteiger partial charge >= 0.3 is 5.97 Å². The number of piperidine rings is 1. The third-order valence-corrected chi connectivity index (χ3v) is 7.52. The van der Waals surface area contributed by atoms with E-state index in [9.17, 15) is 14.7 Å². The van der Waals surface area contributed by atoms with Crippen molar-refractivity contribution in [1.82, 2.24) is 4.90 Å². The number of carbonyl (C=O) groups is 2. The van der Waals surface area contributed by atoms with E-state index >= 15 is 0 Å². The van der Waals surface area contributed by atoms with Crippen molar-refractivity contribution in [1.29, 1.82) is 0 Å².